The molecule has 0 bridgehead atoms. The van der Waals surface area contributed by atoms with Gasteiger partial charge in [0.15, 0.2) is 5.76 Å². The van der Waals surface area contributed by atoms with E-state index in [1.807, 2.05) is 46.9 Å². The molecule has 0 saturated heterocycles. The van der Waals surface area contributed by atoms with Gasteiger partial charge in [-0.25, -0.2) is 4.98 Å². The number of phenols is 1. The van der Waals surface area contributed by atoms with Crippen LogP contribution in [0.1, 0.15) is 5.56 Å². The average Bonchev–Trinajstić information content (AvgIpc) is 3.25. The maximum atomic E-state index is 13.3. The van der Waals surface area contributed by atoms with Crippen LogP contribution in [0.25, 0.3) is 33.5 Å². The maximum Gasteiger partial charge on any atom is 0.282 e. The van der Waals surface area contributed by atoms with Crippen molar-refractivity contribution in [1.82, 2.24) is 9.66 Å². The van der Waals surface area contributed by atoms with Gasteiger partial charge in [0, 0.05) is 0 Å². The number of fused-ring (bicyclic) bond motifs is 2. The lowest BCUT2D eigenvalue weighted by molar-refractivity contribution is 0.419. The SMILES string of the molecule is COc1cccc2oc(-c3nc4ccccc4c(=O)n3N=Cc3ccc(O)c(I)c3)cc12. The Labute approximate surface area is 195 Å². The smallest absolute Gasteiger partial charge is 0.282 e. The first-order valence-electron chi connectivity index (χ1n) is 9.67. The molecule has 0 amide bonds. The number of aromatic hydroxyl groups is 1. The average molecular weight is 537 g/mol. The number of para-hydroxylation sites is 1. The zero-order valence-electron chi connectivity index (χ0n) is 16.8. The van der Waals surface area contributed by atoms with Crippen molar-refractivity contribution in [2.45, 2.75) is 0 Å². The maximum absolute atomic E-state index is 13.3. The van der Waals surface area contributed by atoms with Crippen molar-refractivity contribution in [3.63, 3.8) is 0 Å². The standard InChI is InChI=1S/C24H16IN3O4/c1-31-20-7-4-8-21-16(20)12-22(32-21)23-27-18-6-3-2-5-15(18)24(30)28(23)26-13-14-9-10-19(29)17(25)11-14/h2-13,29H,1H3. The Morgan fingerprint density at radius 1 is 1.09 bits per heavy atom. The molecule has 0 unspecified atom stereocenters. The second-order valence-electron chi connectivity index (χ2n) is 7.01. The van der Waals surface area contributed by atoms with E-state index in [0.717, 1.165) is 10.9 Å². The molecule has 2 heterocycles. The Morgan fingerprint density at radius 3 is 2.75 bits per heavy atom. The minimum Gasteiger partial charge on any atom is -0.507 e. The molecule has 0 saturated carbocycles. The molecule has 0 aliphatic carbocycles. The molecular formula is C24H16IN3O4. The van der Waals surface area contributed by atoms with E-state index < -0.39 is 0 Å². The Morgan fingerprint density at radius 2 is 1.94 bits per heavy atom. The fourth-order valence-electron chi connectivity index (χ4n) is 3.44. The summed E-state index contributed by atoms with van der Waals surface area (Å²) in [6.45, 7) is 0. The summed E-state index contributed by atoms with van der Waals surface area (Å²) >= 11 is 2.03. The predicted octanol–water partition coefficient (Wildman–Crippen LogP) is 5.01. The van der Waals surface area contributed by atoms with Crippen molar-refractivity contribution in [2.75, 3.05) is 7.11 Å². The lowest BCUT2D eigenvalue weighted by Gasteiger charge is -2.07. The van der Waals surface area contributed by atoms with E-state index in [2.05, 4.69) is 10.1 Å². The Balaban J connectivity index is 1.74. The Bertz CT molecular complexity index is 1570. The van der Waals surface area contributed by atoms with Crippen LogP contribution in [0.5, 0.6) is 11.5 Å². The van der Waals surface area contributed by atoms with E-state index in [9.17, 15) is 9.90 Å². The van der Waals surface area contributed by atoms with Crippen LogP contribution in [0.3, 0.4) is 0 Å². The molecule has 3 aromatic carbocycles. The van der Waals surface area contributed by atoms with Crippen LogP contribution in [0, 0.1) is 3.57 Å². The molecule has 0 spiro atoms. The molecule has 1 N–H and O–H groups in total. The molecule has 2 aromatic heterocycles. The molecule has 5 rings (SSSR count). The normalized spacial score (nSPS) is 11.6. The molecular weight excluding hydrogens is 521 g/mol. The second-order valence-corrected chi connectivity index (χ2v) is 8.17. The Hall–Kier alpha value is -3.66. The van der Waals surface area contributed by atoms with Gasteiger partial charge < -0.3 is 14.3 Å². The quantitative estimate of drug-likeness (QED) is 0.257. The summed E-state index contributed by atoms with van der Waals surface area (Å²) in [6, 6.07) is 19.5. The minimum absolute atomic E-state index is 0.184. The molecule has 158 valence electrons. The third-order valence-corrected chi connectivity index (χ3v) is 5.87. The topological polar surface area (TPSA) is 89.9 Å². The van der Waals surface area contributed by atoms with Crippen LogP contribution in [-0.4, -0.2) is 28.1 Å². The highest BCUT2D eigenvalue weighted by Crippen LogP contribution is 2.32. The van der Waals surface area contributed by atoms with Gasteiger partial charge in [-0.05, 0) is 76.7 Å². The molecule has 0 fully saturated rings. The number of halogens is 1. The highest BCUT2D eigenvalue weighted by atomic mass is 127. The van der Waals surface area contributed by atoms with Crippen LogP contribution in [0.4, 0.5) is 0 Å². The van der Waals surface area contributed by atoms with Crippen molar-refractivity contribution < 1.29 is 14.3 Å². The summed E-state index contributed by atoms with van der Waals surface area (Å²) in [6.07, 6.45) is 1.55. The van der Waals surface area contributed by atoms with E-state index in [-0.39, 0.29) is 17.1 Å². The van der Waals surface area contributed by atoms with E-state index in [1.54, 1.807) is 55.8 Å². The summed E-state index contributed by atoms with van der Waals surface area (Å²) < 4.78 is 13.4. The van der Waals surface area contributed by atoms with Crippen LogP contribution in [0.15, 0.2) is 81.0 Å². The van der Waals surface area contributed by atoms with E-state index >= 15 is 0 Å². The molecule has 8 heteroatoms. The molecule has 32 heavy (non-hydrogen) atoms. The number of nitrogens with zero attached hydrogens (tertiary/aromatic N) is 3. The third kappa shape index (κ3) is 3.52. The highest BCUT2D eigenvalue weighted by molar-refractivity contribution is 14.1. The molecule has 5 aromatic rings. The van der Waals surface area contributed by atoms with Crippen molar-refractivity contribution in [1.29, 1.82) is 0 Å². The lowest BCUT2D eigenvalue weighted by atomic mass is 10.2. The Kier molecular flexibility index (Phi) is 5.14. The van der Waals surface area contributed by atoms with Crippen LogP contribution < -0.4 is 10.3 Å². The summed E-state index contributed by atoms with van der Waals surface area (Å²) in [7, 11) is 1.59. The molecule has 0 atom stereocenters. The zero-order valence-corrected chi connectivity index (χ0v) is 19.0. The van der Waals surface area contributed by atoms with Crippen molar-refractivity contribution in [3.8, 4) is 23.1 Å². The summed E-state index contributed by atoms with van der Waals surface area (Å²) in [5.74, 6) is 1.51. The number of hydrogen-bond donors (Lipinski definition) is 1. The van der Waals surface area contributed by atoms with Gasteiger partial charge in [0.25, 0.3) is 5.56 Å². The number of methoxy groups -OCH3 is 1. The molecule has 0 aliphatic heterocycles. The first kappa shape index (κ1) is 20.3. The number of hydrogen-bond acceptors (Lipinski definition) is 6. The van der Waals surface area contributed by atoms with Gasteiger partial charge in [0.05, 0.1) is 33.2 Å². The van der Waals surface area contributed by atoms with Crippen LogP contribution in [0.2, 0.25) is 0 Å². The summed E-state index contributed by atoms with van der Waals surface area (Å²) in [4.78, 5) is 18.0. The van der Waals surface area contributed by atoms with Gasteiger partial charge in [-0.15, -0.1) is 0 Å². The number of furan rings is 1. The van der Waals surface area contributed by atoms with E-state index in [0.29, 0.717) is 31.6 Å². The number of ether oxygens (including phenoxy) is 1. The summed E-state index contributed by atoms with van der Waals surface area (Å²) in [5.41, 5.74) is 1.57. The van der Waals surface area contributed by atoms with Crippen LogP contribution >= 0.6 is 22.6 Å². The number of phenolic OH excluding ortho intramolecular Hbond substituents is 1. The second kappa shape index (κ2) is 8.12. The van der Waals surface area contributed by atoms with Crippen molar-refractivity contribution in [2.24, 2.45) is 5.10 Å². The molecule has 0 aliphatic rings. The first-order valence-corrected chi connectivity index (χ1v) is 10.7. The number of rotatable bonds is 4. The fraction of sp³-hybridized carbons (Fsp3) is 0.0417. The fourth-order valence-corrected chi connectivity index (χ4v) is 3.98. The van der Waals surface area contributed by atoms with Gasteiger partial charge in [-0.2, -0.15) is 9.78 Å². The van der Waals surface area contributed by atoms with Gasteiger partial charge in [-0.3, -0.25) is 4.79 Å². The van der Waals surface area contributed by atoms with Crippen LogP contribution in [-0.2, 0) is 0 Å². The zero-order chi connectivity index (χ0) is 22.2. The van der Waals surface area contributed by atoms with Gasteiger partial charge in [0.1, 0.15) is 17.1 Å². The molecule has 0 radical (unpaired) electrons. The summed E-state index contributed by atoms with van der Waals surface area (Å²) in [5, 5.41) is 15.4. The van der Waals surface area contributed by atoms with Crippen molar-refractivity contribution in [3.05, 3.63) is 86.2 Å². The van der Waals surface area contributed by atoms with E-state index in [4.69, 9.17) is 9.15 Å². The monoisotopic (exact) mass is 537 g/mol. The van der Waals surface area contributed by atoms with Gasteiger partial charge in [0.2, 0.25) is 5.82 Å². The van der Waals surface area contributed by atoms with E-state index in [1.165, 1.54) is 4.68 Å². The first-order chi connectivity index (χ1) is 15.5. The third-order valence-electron chi connectivity index (χ3n) is 5.01. The van der Waals surface area contributed by atoms with Gasteiger partial charge >= 0.3 is 0 Å². The van der Waals surface area contributed by atoms with Gasteiger partial charge in [-0.1, -0.05) is 18.2 Å². The number of aromatic nitrogens is 2. The molecule has 7 nitrogen and oxygen atoms in total. The van der Waals surface area contributed by atoms with Crippen molar-refractivity contribution >= 4 is 50.7 Å². The lowest BCUT2D eigenvalue weighted by Crippen LogP contribution is -2.20. The highest BCUT2D eigenvalue weighted by Gasteiger charge is 2.17. The number of benzene rings is 3. The predicted molar refractivity (Wildman–Crippen MR) is 132 cm³/mol. The minimum atomic E-state index is -0.317. The largest absolute Gasteiger partial charge is 0.507 e.